The van der Waals surface area contributed by atoms with Gasteiger partial charge in [-0.05, 0) is 67.8 Å². The van der Waals surface area contributed by atoms with E-state index in [9.17, 15) is 48.3 Å². The van der Waals surface area contributed by atoms with E-state index in [0.29, 0.717) is 18.6 Å². The number of halogens is 11. The smallest absolute Gasteiger partial charge is 0.429 e. The lowest BCUT2D eigenvalue weighted by atomic mass is 10.1. The number of allylic oxidation sites excluding steroid dienone is 2. The first-order valence-corrected chi connectivity index (χ1v) is 13.6. The highest BCUT2D eigenvalue weighted by Gasteiger charge is 2.42. The number of aryl methyl sites for hydroxylation is 1. The summed E-state index contributed by atoms with van der Waals surface area (Å²) < 4.78 is 160. The van der Waals surface area contributed by atoms with Crippen molar-refractivity contribution in [1.82, 2.24) is 0 Å². The van der Waals surface area contributed by atoms with Gasteiger partial charge in [0.05, 0.1) is 11.1 Å². The van der Waals surface area contributed by atoms with E-state index in [1.807, 2.05) is 19.1 Å². The van der Waals surface area contributed by atoms with E-state index in [4.69, 9.17) is 0 Å². The fourth-order valence-electron chi connectivity index (χ4n) is 4.14. The molecule has 4 aromatic carbocycles. The third-order valence-electron chi connectivity index (χ3n) is 6.29. The predicted octanol–water partition coefficient (Wildman–Crippen LogP) is 9.86. The fourth-order valence-corrected chi connectivity index (χ4v) is 4.14. The summed E-state index contributed by atoms with van der Waals surface area (Å²) in [7, 11) is 0. The van der Waals surface area contributed by atoms with Gasteiger partial charge in [-0.15, -0.1) is 13.2 Å². The summed E-state index contributed by atoms with van der Waals surface area (Å²) in [5.41, 5.74) is -1.78. The minimum atomic E-state index is -5.52. The van der Waals surface area contributed by atoms with Crippen molar-refractivity contribution >= 4 is 0 Å². The average molecular weight is 681 g/mol. The molecule has 4 rings (SSSR count). The monoisotopic (exact) mass is 680 g/mol. The molecule has 0 atom stereocenters. The first-order valence-electron chi connectivity index (χ1n) is 13.6. The zero-order valence-electron chi connectivity index (χ0n) is 24.3. The van der Waals surface area contributed by atoms with E-state index in [1.165, 1.54) is 24.3 Å². The summed E-state index contributed by atoms with van der Waals surface area (Å²) in [5.74, 6) is -3.14. The van der Waals surface area contributed by atoms with Crippen molar-refractivity contribution in [2.24, 2.45) is 0 Å². The number of rotatable bonds is 7. The SMILES string of the molecule is C/C=C/CCc1ccc(C#Cc2ccc(C#Cc3cc(F)c(C(F)(F)Oc4cc(F)c(OC(F)(F)F)c(F)c4)c(F)c3)c(F)c2)c(F)c1. The Morgan fingerprint density at radius 1 is 0.604 bits per heavy atom. The molecular weight excluding hydrogens is 661 g/mol. The molecule has 0 aliphatic carbocycles. The number of hydrogen-bond donors (Lipinski definition) is 0. The van der Waals surface area contributed by atoms with Crippen LogP contribution in [0.15, 0.2) is 72.8 Å². The maximum Gasteiger partial charge on any atom is 0.573 e. The molecule has 0 bridgehead atoms. The van der Waals surface area contributed by atoms with Gasteiger partial charge in [0.15, 0.2) is 11.6 Å². The fraction of sp³-hybridized carbons (Fsp3) is 0.143. The predicted molar refractivity (Wildman–Crippen MR) is 152 cm³/mol. The zero-order chi connectivity index (χ0) is 35.2. The first kappa shape index (κ1) is 35.4. The minimum Gasteiger partial charge on any atom is -0.429 e. The van der Waals surface area contributed by atoms with Crippen LogP contribution in [0.3, 0.4) is 0 Å². The van der Waals surface area contributed by atoms with Crippen molar-refractivity contribution in [3.63, 3.8) is 0 Å². The van der Waals surface area contributed by atoms with Crippen LogP contribution in [0.25, 0.3) is 0 Å². The van der Waals surface area contributed by atoms with Crippen molar-refractivity contribution in [3.05, 3.63) is 141 Å². The zero-order valence-corrected chi connectivity index (χ0v) is 24.3. The van der Waals surface area contributed by atoms with E-state index >= 15 is 0 Å². The standard InChI is InChI=1S/C35H19F11O2/c1-2-3-4-5-20-6-10-23(26(36)14-20)11-7-21-8-12-24(27(37)15-21)13-9-22-16-28(38)32(29(39)17-22)34(42,43)47-25-18-30(40)33(31(41)19-25)48-35(44,45)46/h2-3,6,8,10,12,14-19H,4-5H2,1H3/b3-2+. The summed E-state index contributed by atoms with van der Waals surface area (Å²) in [6.07, 6.45) is -5.22. The van der Waals surface area contributed by atoms with Crippen LogP contribution >= 0.6 is 0 Å². The molecule has 0 N–H and O–H groups in total. The third kappa shape index (κ3) is 9.10. The number of benzene rings is 4. The lowest BCUT2D eigenvalue weighted by molar-refractivity contribution is -0.276. The topological polar surface area (TPSA) is 18.5 Å². The molecule has 0 spiro atoms. The second-order valence-electron chi connectivity index (χ2n) is 9.81. The van der Waals surface area contributed by atoms with Crippen LogP contribution in [0.4, 0.5) is 48.3 Å². The Balaban J connectivity index is 1.50. The first-order chi connectivity index (χ1) is 22.6. The maximum atomic E-state index is 14.7. The average Bonchev–Trinajstić information content (AvgIpc) is 2.97. The van der Waals surface area contributed by atoms with Gasteiger partial charge in [0, 0.05) is 23.3 Å². The van der Waals surface area contributed by atoms with Crippen LogP contribution in [-0.2, 0) is 12.5 Å². The highest BCUT2D eigenvalue weighted by Crippen LogP contribution is 2.38. The van der Waals surface area contributed by atoms with E-state index < -0.39 is 70.0 Å². The molecule has 0 amide bonds. The maximum absolute atomic E-state index is 14.7. The Kier molecular flexibility index (Phi) is 10.7. The molecule has 0 unspecified atom stereocenters. The molecule has 4 aromatic rings. The molecular formula is C35H19F11O2. The van der Waals surface area contributed by atoms with Gasteiger partial charge in [0.2, 0.25) is 5.75 Å². The van der Waals surface area contributed by atoms with Gasteiger partial charge >= 0.3 is 12.5 Å². The van der Waals surface area contributed by atoms with Crippen LogP contribution in [0.1, 0.15) is 46.7 Å². The van der Waals surface area contributed by atoms with Crippen molar-refractivity contribution in [2.75, 3.05) is 0 Å². The Labute approximate surface area is 266 Å². The normalized spacial score (nSPS) is 11.5. The number of ether oxygens (including phenoxy) is 2. The molecule has 2 nitrogen and oxygen atoms in total. The lowest BCUT2D eigenvalue weighted by Gasteiger charge is -2.20. The lowest BCUT2D eigenvalue weighted by Crippen LogP contribution is -2.25. The molecule has 0 radical (unpaired) electrons. The Morgan fingerprint density at radius 3 is 1.69 bits per heavy atom. The third-order valence-corrected chi connectivity index (χ3v) is 6.29. The van der Waals surface area contributed by atoms with Crippen LogP contribution < -0.4 is 9.47 Å². The van der Waals surface area contributed by atoms with Gasteiger partial charge in [0.25, 0.3) is 0 Å². The van der Waals surface area contributed by atoms with Crippen molar-refractivity contribution in [1.29, 1.82) is 0 Å². The van der Waals surface area contributed by atoms with Gasteiger partial charge in [-0.2, -0.15) is 8.78 Å². The molecule has 0 aliphatic rings. The molecule has 0 aliphatic heterocycles. The minimum absolute atomic E-state index is 0.0882. The van der Waals surface area contributed by atoms with Crippen molar-refractivity contribution in [2.45, 2.75) is 32.2 Å². The molecule has 0 fully saturated rings. The number of hydrogen-bond acceptors (Lipinski definition) is 2. The largest absolute Gasteiger partial charge is 0.573 e. The number of alkyl halides is 5. The molecule has 48 heavy (non-hydrogen) atoms. The quantitative estimate of drug-likeness (QED) is 0.110. The summed E-state index contributed by atoms with van der Waals surface area (Å²) in [4.78, 5) is 0. The van der Waals surface area contributed by atoms with Gasteiger partial charge in [-0.25, -0.2) is 26.3 Å². The summed E-state index contributed by atoms with van der Waals surface area (Å²) in [5, 5.41) is 0. The van der Waals surface area contributed by atoms with Crippen LogP contribution in [0.5, 0.6) is 11.5 Å². The van der Waals surface area contributed by atoms with E-state index in [2.05, 4.69) is 33.2 Å². The van der Waals surface area contributed by atoms with E-state index in [-0.39, 0.29) is 28.8 Å². The summed E-state index contributed by atoms with van der Waals surface area (Å²) in [6, 6.07) is 8.58. The molecule has 0 saturated heterocycles. The highest BCUT2D eigenvalue weighted by atomic mass is 19.4. The van der Waals surface area contributed by atoms with Crippen molar-refractivity contribution in [3.8, 4) is 35.2 Å². The highest BCUT2D eigenvalue weighted by molar-refractivity contribution is 5.50. The van der Waals surface area contributed by atoms with Crippen LogP contribution in [0, 0.1) is 58.6 Å². The summed E-state index contributed by atoms with van der Waals surface area (Å²) in [6.45, 7) is 1.88. The Morgan fingerprint density at radius 2 is 1.15 bits per heavy atom. The van der Waals surface area contributed by atoms with Gasteiger partial charge in [-0.1, -0.05) is 41.9 Å². The van der Waals surface area contributed by atoms with Gasteiger partial charge in [-0.3, -0.25) is 0 Å². The van der Waals surface area contributed by atoms with E-state index in [0.717, 1.165) is 18.1 Å². The summed E-state index contributed by atoms with van der Waals surface area (Å²) >= 11 is 0. The molecule has 13 heteroatoms. The molecule has 0 aromatic heterocycles. The van der Waals surface area contributed by atoms with Crippen molar-refractivity contribution < 1.29 is 57.8 Å². The molecule has 0 saturated carbocycles. The Bertz CT molecular complexity index is 1950. The molecule has 248 valence electrons. The van der Waals surface area contributed by atoms with Gasteiger partial charge < -0.3 is 9.47 Å². The Hall–Kier alpha value is -5.43. The van der Waals surface area contributed by atoms with E-state index in [1.54, 1.807) is 6.07 Å². The molecule has 0 heterocycles. The van der Waals surface area contributed by atoms with Gasteiger partial charge in [0.1, 0.15) is 34.6 Å². The van der Waals surface area contributed by atoms with Crippen LogP contribution in [-0.4, -0.2) is 6.36 Å². The van der Waals surface area contributed by atoms with Crippen LogP contribution in [0.2, 0.25) is 0 Å². The second-order valence-corrected chi connectivity index (χ2v) is 9.81. The second kappa shape index (κ2) is 14.6.